The third kappa shape index (κ3) is 7.45. The lowest BCUT2D eigenvalue weighted by Crippen LogP contribution is -2.35. The molecule has 1 saturated carbocycles. The van der Waals surface area contributed by atoms with E-state index < -0.39 is 11.7 Å². The number of carbonyl (C=O) groups is 1. The summed E-state index contributed by atoms with van der Waals surface area (Å²) in [6.45, 7) is 7.98. The Balaban J connectivity index is 1.55. The second kappa shape index (κ2) is 9.78. The molecule has 0 unspecified atom stereocenters. The minimum absolute atomic E-state index is 0.397. The van der Waals surface area contributed by atoms with Crippen molar-refractivity contribution in [3.05, 3.63) is 35.9 Å². The number of hydrogen-bond donors (Lipinski definition) is 2. The Morgan fingerprint density at radius 1 is 1.12 bits per heavy atom. The summed E-state index contributed by atoms with van der Waals surface area (Å²) in [5.74, 6) is 0.607. The molecule has 2 rings (SSSR count). The molecule has 0 radical (unpaired) electrons. The summed E-state index contributed by atoms with van der Waals surface area (Å²) in [6, 6.07) is 11.3. The smallest absolute Gasteiger partial charge is 0.407 e. The molecule has 0 bridgehead atoms. The molecule has 1 fully saturated rings. The van der Waals surface area contributed by atoms with Gasteiger partial charge in [-0.2, -0.15) is 0 Å². The first-order chi connectivity index (χ1) is 12.0. The van der Waals surface area contributed by atoms with E-state index in [2.05, 4.69) is 41.0 Å². The van der Waals surface area contributed by atoms with Crippen LogP contribution in [0, 0.1) is 0 Å². The van der Waals surface area contributed by atoms with Crippen molar-refractivity contribution < 1.29 is 14.3 Å². The van der Waals surface area contributed by atoms with Crippen molar-refractivity contribution in [1.29, 1.82) is 0 Å². The van der Waals surface area contributed by atoms with Crippen LogP contribution in [0.15, 0.2) is 30.3 Å². The van der Waals surface area contributed by atoms with Crippen molar-refractivity contribution in [1.82, 2.24) is 10.6 Å². The fourth-order valence-electron chi connectivity index (χ4n) is 3.26. The zero-order valence-electron chi connectivity index (χ0n) is 15.7. The highest BCUT2D eigenvalue weighted by molar-refractivity contribution is 5.67. The highest BCUT2D eigenvalue weighted by atomic mass is 16.6. The van der Waals surface area contributed by atoms with E-state index in [1.54, 1.807) is 0 Å². The maximum atomic E-state index is 11.5. The van der Waals surface area contributed by atoms with Crippen LogP contribution in [0.4, 0.5) is 4.79 Å². The first kappa shape index (κ1) is 19.7. The summed E-state index contributed by atoms with van der Waals surface area (Å²) in [7, 11) is 0. The lowest BCUT2D eigenvalue weighted by atomic mass is 9.94. The van der Waals surface area contributed by atoms with Crippen LogP contribution < -0.4 is 10.6 Å². The summed E-state index contributed by atoms with van der Waals surface area (Å²) in [6.07, 6.45) is 3.35. The standard InChI is InChI=1S/C20H32N2O3/c1-20(2,3)25-19(23)22-13-15-24-14-12-21-18-11-7-10-17(18)16-8-5-4-6-9-16/h4-6,8-9,17-18,21H,7,10-15H2,1-3H3,(H,22,23)/t17-,18+/m1/s1. The summed E-state index contributed by atoms with van der Waals surface area (Å²) < 4.78 is 10.8. The average molecular weight is 348 g/mol. The Bertz CT molecular complexity index is 513. The van der Waals surface area contributed by atoms with Crippen molar-refractivity contribution in [2.45, 2.75) is 57.6 Å². The number of amides is 1. The zero-order valence-corrected chi connectivity index (χ0v) is 15.7. The fraction of sp³-hybridized carbons (Fsp3) is 0.650. The highest BCUT2D eigenvalue weighted by Crippen LogP contribution is 2.34. The van der Waals surface area contributed by atoms with Crippen LogP contribution in [0.3, 0.4) is 0 Å². The summed E-state index contributed by atoms with van der Waals surface area (Å²) >= 11 is 0. The van der Waals surface area contributed by atoms with Crippen molar-refractivity contribution in [3.63, 3.8) is 0 Å². The highest BCUT2D eigenvalue weighted by Gasteiger charge is 2.27. The van der Waals surface area contributed by atoms with Crippen molar-refractivity contribution in [2.75, 3.05) is 26.3 Å². The SMILES string of the molecule is CC(C)(C)OC(=O)NCCOCCN[C@H]1CCC[C@@H]1c1ccccc1. The van der Waals surface area contributed by atoms with Crippen LogP contribution in [0.25, 0.3) is 0 Å². The molecule has 2 N–H and O–H groups in total. The van der Waals surface area contributed by atoms with Crippen LogP contribution in [0.5, 0.6) is 0 Å². The van der Waals surface area contributed by atoms with Crippen LogP contribution in [0.2, 0.25) is 0 Å². The number of nitrogens with one attached hydrogen (secondary N) is 2. The Hall–Kier alpha value is -1.59. The number of ether oxygens (including phenoxy) is 2. The van der Waals surface area contributed by atoms with E-state index >= 15 is 0 Å². The average Bonchev–Trinajstić information content (AvgIpc) is 3.01. The van der Waals surface area contributed by atoms with Gasteiger partial charge in [0.25, 0.3) is 0 Å². The summed E-state index contributed by atoms with van der Waals surface area (Å²) in [5.41, 5.74) is 0.964. The van der Waals surface area contributed by atoms with E-state index in [0.717, 1.165) is 6.54 Å². The normalized spacial score (nSPS) is 20.4. The van der Waals surface area contributed by atoms with Crippen molar-refractivity contribution in [3.8, 4) is 0 Å². The predicted octanol–water partition coefficient (Wildman–Crippen LogP) is 3.45. The molecule has 25 heavy (non-hydrogen) atoms. The minimum atomic E-state index is -0.467. The molecule has 0 aromatic heterocycles. The second-order valence-electron chi connectivity index (χ2n) is 7.55. The quantitative estimate of drug-likeness (QED) is 0.707. The maximum absolute atomic E-state index is 11.5. The Labute approximate surface area is 151 Å². The lowest BCUT2D eigenvalue weighted by molar-refractivity contribution is 0.0500. The van der Waals surface area contributed by atoms with Gasteiger partial charge in [-0.05, 0) is 45.1 Å². The zero-order chi connectivity index (χ0) is 18.1. The molecule has 0 aliphatic heterocycles. The predicted molar refractivity (Wildman–Crippen MR) is 99.9 cm³/mol. The second-order valence-corrected chi connectivity index (χ2v) is 7.55. The summed E-state index contributed by atoms with van der Waals surface area (Å²) in [4.78, 5) is 11.5. The topological polar surface area (TPSA) is 59.6 Å². The molecule has 1 aromatic rings. The fourth-order valence-corrected chi connectivity index (χ4v) is 3.26. The van der Waals surface area contributed by atoms with Gasteiger partial charge in [-0.1, -0.05) is 36.8 Å². The van der Waals surface area contributed by atoms with Gasteiger partial charge in [0.2, 0.25) is 0 Å². The van der Waals surface area contributed by atoms with Gasteiger partial charge in [-0.25, -0.2) is 4.79 Å². The monoisotopic (exact) mass is 348 g/mol. The van der Waals surface area contributed by atoms with Gasteiger partial charge in [-0.15, -0.1) is 0 Å². The molecule has 2 atom stereocenters. The van der Waals surface area contributed by atoms with Gasteiger partial charge >= 0.3 is 6.09 Å². The molecule has 0 heterocycles. The first-order valence-electron chi connectivity index (χ1n) is 9.28. The maximum Gasteiger partial charge on any atom is 0.407 e. The van der Waals surface area contributed by atoms with Crippen LogP contribution in [-0.2, 0) is 9.47 Å². The van der Waals surface area contributed by atoms with Crippen molar-refractivity contribution >= 4 is 6.09 Å². The molecule has 0 saturated heterocycles. The molecule has 5 nitrogen and oxygen atoms in total. The van der Waals surface area contributed by atoms with E-state index in [-0.39, 0.29) is 0 Å². The third-order valence-corrected chi connectivity index (χ3v) is 4.31. The van der Waals surface area contributed by atoms with Gasteiger partial charge in [0.1, 0.15) is 5.60 Å². The number of benzene rings is 1. The Kier molecular flexibility index (Phi) is 7.72. The van der Waals surface area contributed by atoms with E-state index in [1.807, 2.05) is 20.8 Å². The van der Waals surface area contributed by atoms with Gasteiger partial charge in [0, 0.05) is 19.1 Å². The van der Waals surface area contributed by atoms with E-state index in [9.17, 15) is 4.79 Å². The molecule has 140 valence electrons. The summed E-state index contributed by atoms with van der Waals surface area (Å²) in [5, 5.41) is 6.32. The van der Waals surface area contributed by atoms with Crippen molar-refractivity contribution in [2.24, 2.45) is 0 Å². The Morgan fingerprint density at radius 3 is 2.56 bits per heavy atom. The molecule has 1 aliphatic rings. The number of hydrogen-bond acceptors (Lipinski definition) is 4. The molecular weight excluding hydrogens is 316 g/mol. The minimum Gasteiger partial charge on any atom is -0.444 e. The van der Waals surface area contributed by atoms with Crippen LogP contribution in [-0.4, -0.2) is 44.0 Å². The number of rotatable bonds is 8. The van der Waals surface area contributed by atoms with E-state index in [1.165, 1.54) is 24.8 Å². The van der Waals surface area contributed by atoms with Gasteiger partial charge in [0.15, 0.2) is 0 Å². The van der Waals surface area contributed by atoms with Gasteiger partial charge in [-0.3, -0.25) is 0 Å². The third-order valence-electron chi connectivity index (χ3n) is 4.31. The van der Waals surface area contributed by atoms with Crippen LogP contribution >= 0.6 is 0 Å². The van der Waals surface area contributed by atoms with E-state index in [0.29, 0.717) is 31.7 Å². The van der Waals surface area contributed by atoms with Gasteiger partial charge < -0.3 is 20.1 Å². The Morgan fingerprint density at radius 2 is 1.84 bits per heavy atom. The number of carbonyl (C=O) groups excluding carboxylic acids is 1. The van der Waals surface area contributed by atoms with Crippen LogP contribution in [0.1, 0.15) is 51.5 Å². The largest absolute Gasteiger partial charge is 0.444 e. The molecule has 0 spiro atoms. The van der Waals surface area contributed by atoms with Gasteiger partial charge in [0.05, 0.1) is 13.2 Å². The molecule has 1 aromatic carbocycles. The molecule has 1 amide bonds. The molecule has 1 aliphatic carbocycles. The molecular formula is C20H32N2O3. The number of alkyl carbamates (subject to hydrolysis) is 1. The van der Waals surface area contributed by atoms with E-state index in [4.69, 9.17) is 9.47 Å². The molecule has 5 heteroatoms. The lowest BCUT2D eigenvalue weighted by Gasteiger charge is -2.21. The first-order valence-corrected chi connectivity index (χ1v) is 9.28.